The highest BCUT2D eigenvalue weighted by molar-refractivity contribution is 5.85. The number of amides is 1. The normalized spacial score (nSPS) is 18.6. The van der Waals surface area contributed by atoms with Crippen molar-refractivity contribution in [3.8, 4) is 0 Å². The molecular weight excluding hydrogens is 284 g/mol. The maximum atomic E-state index is 11.7. The molecule has 1 saturated heterocycles. The van der Waals surface area contributed by atoms with Gasteiger partial charge in [0.1, 0.15) is 6.54 Å². The first-order chi connectivity index (χ1) is 10.7. The van der Waals surface area contributed by atoms with Gasteiger partial charge < -0.3 is 25.0 Å². The van der Waals surface area contributed by atoms with Gasteiger partial charge in [0, 0.05) is 45.8 Å². The average Bonchev–Trinajstić information content (AvgIpc) is 2.98. The summed E-state index contributed by atoms with van der Waals surface area (Å²) in [5, 5.41) is 6.03. The molecule has 1 amide bonds. The molecule has 7 nitrogen and oxygen atoms in total. The zero-order valence-corrected chi connectivity index (χ0v) is 14.1. The third kappa shape index (κ3) is 7.09. The van der Waals surface area contributed by atoms with Crippen molar-refractivity contribution in [2.75, 3.05) is 59.7 Å². The van der Waals surface area contributed by atoms with Crippen LogP contribution in [0.3, 0.4) is 0 Å². The SMILES string of the molecule is CCNC(=NCC(=O)NCCOC)N1CCC(COCC)C1. The Hall–Kier alpha value is -1.34. The van der Waals surface area contributed by atoms with E-state index in [0.717, 1.165) is 45.2 Å². The molecule has 0 aromatic carbocycles. The predicted molar refractivity (Wildman–Crippen MR) is 87.0 cm³/mol. The van der Waals surface area contributed by atoms with Crippen LogP contribution in [-0.4, -0.2) is 76.4 Å². The van der Waals surface area contributed by atoms with Crippen LogP contribution in [0.4, 0.5) is 0 Å². The van der Waals surface area contributed by atoms with Crippen LogP contribution in [0.15, 0.2) is 4.99 Å². The topological polar surface area (TPSA) is 75.2 Å². The fraction of sp³-hybridized carbons (Fsp3) is 0.867. The van der Waals surface area contributed by atoms with Crippen LogP contribution in [-0.2, 0) is 14.3 Å². The fourth-order valence-corrected chi connectivity index (χ4v) is 2.37. The minimum Gasteiger partial charge on any atom is -0.383 e. The Balaban J connectivity index is 2.43. The third-order valence-electron chi connectivity index (χ3n) is 3.48. The van der Waals surface area contributed by atoms with Gasteiger partial charge in [-0.2, -0.15) is 0 Å². The Morgan fingerprint density at radius 2 is 2.18 bits per heavy atom. The van der Waals surface area contributed by atoms with Gasteiger partial charge in [-0.1, -0.05) is 0 Å². The van der Waals surface area contributed by atoms with Gasteiger partial charge in [0.05, 0.1) is 13.2 Å². The fourth-order valence-electron chi connectivity index (χ4n) is 2.37. The van der Waals surface area contributed by atoms with Gasteiger partial charge in [-0.3, -0.25) is 4.79 Å². The molecule has 0 saturated carbocycles. The van der Waals surface area contributed by atoms with E-state index in [4.69, 9.17) is 9.47 Å². The molecule has 0 spiro atoms. The van der Waals surface area contributed by atoms with E-state index < -0.39 is 0 Å². The molecule has 1 rings (SSSR count). The van der Waals surface area contributed by atoms with Crippen LogP contribution in [0.5, 0.6) is 0 Å². The monoisotopic (exact) mass is 314 g/mol. The van der Waals surface area contributed by atoms with Crippen molar-refractivity contribution >= 4 is 11.9 Å². The second-order valence-electron chi connectivity index (χ2n) is 5.27. The van der Waals surface area contributed by atoms with Crippen molar-refractivity contribution in [1.82, 2.24) is 15.5 Å². The molecule has 2 N–H and O–H groups in total. The van der Waals surface area contributed by atoms with Crippen LogP contribution >= 0.6 is 0 Å². The van der Waals surface area contributed by atoms with Crippen molar-refractivity contribution in [1.29, 1.82) is 0 Å². The van der Waals surface area contributed by atoms with Gasteiger partial charge in [-0.15, -0.1) is 0 Å². The van der Waals surface area contributed by atoms with Crippen LogP contribution in [0, 0.1) is 5.92 Å². The first-order valence-corrected chi connectivity index (χ1v) is 8.07. The van der Waals surface area contributed by atoms with E-state index in [0.29, 0.717) is 19.1 Å². The molecule has 1 unspecified atom stereocenters. The maximum absolute atomic E-state index is 11.7. The van der Waals surface area contributed by atoms with E-state index in [9.17, 15) is 4.79 Å². The lowest BCUT2D eigenvalue weighted by atomic mass is 10.1. The number of ether oxygens (including phenoxy) is 2. The summed E-state index contributed by atoms with van der Waals surface area (Å²) < 4.78 is 10.4. The van der Waals surface area contributed by atoms with Crippen molar-refractivity contribution in [2.24, 2.45) is 10.9 Å². The van der Waals surface area contributed by atoms with Gasteiger partial charge in [0.2, 0.25) is 5.91 Å². The summed E-state index contributed by atoms with van der Waals surface area (Å²) in [5.41, 5.74) is 0. The van der Waals surface area contributed by atoms with Crippen molar-refractivity contribution in [2.45, 2.75) is 20.3 Å². The van der Waals surface area contributed by atoms with E-state index in [2.05, 4.69) is 20.5 Å². The van der Waals surface area contributed by atoms with Gasteiger partial charge in [-0.25, -0.2) is 4.99 Å². The Morgan fingerprint density at radius 1 is 1.36 bits per heavy atom. The molecule has 1 aliphatic rings. The van der Waals surface area contributed by atoms with Crippen molar-refractivity contribution in [3.05, 3.63) is 0 Å². The molecule has 1 fully saturated rings. The van der Waals surface area contributed by atoms with Crippen LogP contribution in [0.25, 0.3) is 0 Å². The molecule has 0 bridgehead atoms. The standard InChI is InChI=1S/C15H30N4O3/c1-4-16-15(18-10-14(20)17-7-9-21-3)19-8-6-13(11-19)12-22-5-2/h13H,4-12H2,1-3H3,(H,16,18)(H,17,20). The number of guanidine groups is 1. The first kappa shape index (κ1) is 18.7. The molecule has 22 heavy (non-hydrogen) atoms. The predicted octanol–water partition coefficient (Wildman–Crippen LogP) is 0.0729. The molecular formula is C15H30N4O3. The van der Waals surface area contributed by atoms with Crippen molar-refractivity contribution < 1.29 is 14.3 Å². The van der Waals surface area contributed by atoms with Crippen LogP contribution in [0.1, 0.15) is 20.3 Å². The highest BCUT2D eigenvalue weighted by Crippen LogP contribution is 2.16. The van der Waals surface area contributed by atoms with Gasteiger partial charge in [0.15, 0.2) is 5.96 Å². The molecule has 1 aliphatic heterocycles. The number of aliphatic imine (C=N–C) groups is 1. The lowest BCUT2D eigenvalue weighted by Crippen LogP contribution is -2.41. The number of nitrogens with one attached hydrogen (secondary N) is 2. The molecule has 0 radical (unpaired) electrons. The summed E-state index contributed by atoms with van der Waals surface area (Å²) in [6, 6.07) is 0. The highest BCUT2D eigenvalue weighted by atomic mass is 16.5. The summed E-state index contributed by atoms with van der Waals surface area (Å²) in [6.07, 6.45) is 1.10. The van der Waals surface area contributed by atoms with Gasteiger partial charge in [0.25, 0.3) is 0 Å². The number of likely N-dealkylation sites (tertiary alicyclic amines) is 1. The Kier molecular flexibility index (Phi) is 9.57. The van der Waals surface area contributed by atoms with E-state index >= 15 is 0 Å². The molecule has 7 heteroatoms. The second kappa shape index (κ2) is 11.3. The number of carbonyl (C=O) groups excluding carboxylic acids is 1. The summed E-state index contributed by atoms with van der Waals surface area (Å²) in [7, 11) is 1.61. The van der Waals surface area contributed by atoms with E-state index in [-0.39, 0.29) is 12.5 Å². The molecule has 1 heterocycles. The van der Waals surface area contributed by atoms with Crippen molar-refractivity contribution in [3.63, 3.8) is 0 Å². The summed E-state index contributed by atoms with van der Waals surface area (Å²) in [6.45, 7) is 9.43. The first-order valence-electron chi connectivity index (χ1n) is 8.07. The third-order valence-corrected chi connectivity index (χ3v) is 3.48. The van der Waals surface area contributed by atoms with E-state index in [1.54, 1.807) is 7.11 Å². The smallest absolute Gasteiger partial charge is 0.241 e. The minimum atomic E-state index is -0.0856. The number of methoxy groups -OCH3 is 1. The summed E-state index contributed by atoms with van der Waals surface area (Å²) in [4.78, 5) is 18.3. The molecule has 0 aromatic heterocycles. The Labute approximate surface area is 133 Å². The average molecular weight is 314 g/mol. The molecule has 0 aromatic rings. The Bertz CT molecular complexity index is 350. The lowest BCUT2D eigenvalue weighted by molar-refractivity contribution is -0.119. The second-order valence-corrected chi connectivity index (χ2v) is 5.27. The zero-order chi connectivity index (χ0) is 16.2. The maximum Gasteiger partial charge on any atom is 0.241 e. The van der Waals surface area contributed by atoms with Crippen LogP contribution in [0.2, 0.25) is 0 Å². The zero-order valence-electron chi connectivity index (χ0n) is 14.1. The van der Waals surface area contributed by atoms with Gasteiger partial charge in [-0.05, 0) is 20.3 Å². The summed E-state index contributed by atoms with van der Waals surface area (Å²) in [5.74, 6) is 1.26. The van der Waals surface area contributed by atoms with E-state index in [1.807, 2.05) is 13.8 Å². The quantitative estimate of drug-likeness (QED) is 0.358. The molecule has 0 aliphatic carbocycles. The highest BCUT2D eigenvalue weighted by Gasteiger charge is 2.24. The number of carbonyl (C=O) groups is 1. The molecule has 128 valence electrons. The lowest BCUT2D eigenvalue weighted by Gasteiger charge is -2.21. The number of hydrogen-bond donors (Lipinski definition) is 2. The summed E-state index contributed by atoms with van der Waals surface area (Å²) >= 11 is 0. The van der Waals surface area contributed by atoms with Gasteiger partial charge >= 0.3 is 0 Å². The van der Waals surface area contributed by atoms with E-state index in [1.165, 1.54) is 0 Å². The minimum absolute atomic E-state index is 0.0856. The Morgan fingerprint density at radius 3 is 2.86 bits per heavy atom. The number of nitrogens with zero attached hydrogens (tertiary/aromatic N) is 2. The number of hydrogen-bond acceptors (Lipinski definition) is 4. The molecule has 1 atom stereocenters. The number of rotatable bonds is 9. The van der Waals surface area contributed by atoms with Crippen LogP contribution < -0.4 is 10.6 Å². The largest absolute Gasteiger partial charge is 0.383 e.